The Bertz CT molecular complexity index is 766. The second kappa shape index (κ2) is 8.70. The second-order valence-electron chi connectivity index (χ2n) is 5.27. The average Bonchev–Trinajstić information content (AvgIpc) is 2.98. The molecule has 0 saturated carbocycles. The standard InChI is InChI=1S/C11H20N4O9P2/c12-4-6-21-26(20,24-25(17,18)19)22-7-8-1-2-10(23-8)15-5-3-9(13)14-11(15)16/h3,5,8,10H,1-2,4,6-7,12H2,(H2,13,14,16)(H2,17,18,19)/t8-,10+,26?/m0/s1. The van der Waals surface area contributed by atoms with Crippen molar-refractivity contribution in [1.82, 2.24) is 9.55 Å². The summed E-state index contributed by atoms with van der Waals surface area (Å²) in [5, 5.41) is 0. The number of hydrogen-bond acceptors (Lipinski definition) is 10. The predicted molar refractivity (Wildman–Crippen MR) is 87.7 cm³/mol. The minimum absolute atomic E-state index is 0.0626. The summed E-state index contributed by atoms with van der Waals surface area (Å²) < 4.78 is 43.8. The molecule has 1 saturated heterocycles. The van der Waals surface area contributed by atoms with Gasteiger partial charge in [0.2, 0.25) is 0 Å². The minimum atomic E-state index is -5.12. The molecule has 0 bridgehead atoms. The summed E-state index contributed by atoms with van der Waals surface area (Å²) in [5.74, 6) is 0.0803. The minimum Gasteiger partial charge on any atom is -0.383 e. The molecular formula is C11H20N4O9P2. The lowest BCUT2D eigenvalue weighted by Gasteiger charge is -2.20. The Morgan fingerprint density at radius 1 is 1.35 bits per heavy atom. The molecular weight excluding hydrogens is 394 g/mol. The van der Waals surface area contributed by atoms with Crippen LogP contribution in [-0.4, -0.2) is 45.2 Å². The molecule has 0 radical (unpaired) electrons. The largest absolute Gasteiger partial charge is 0.483 e. The molecule has 1 aliphatic heterocycles. The molecule has 15 heteroatoms. The van der Waals surface area contributed by atoms with Crippen LogP contribution in [0.2, 0.25) is 0 Å². The molecule has 2 heterocycles. The zero-order valence-corrected chi connectivity index (χ0v) is 15.3. The summed E-state index contributed by atoms with van der Waals surface area (Å²) in [6.45, 7) is -0.694. The van der Waals surface area contributed by atoms with Gasteiger partial charge in [-0.1, -0.05) is 0 Å². The van der Waals surface area contributed by atoms with Crippen LogP contribution in [0.4, 0.5) is 5.82 Å². The third-order valence-electron chi connectivity index (χ3n) is 3.24. The highest BCUT2D eigenvalue weighted by Gasteiger charge is 2.38. The van der Waals surface area contributed by atoms with Gasteiger partial charge in [-0.25, -0.2) is 13.9 Å². The van der Waals surface area contributed by atoms with E-state index in [9.17, 15) is 13.9 Å². The van der Waals surface area contributed by atoms with E-state index in [1.807, 2.05) is 0 Å². The Morgan fingerprint density at radius 3 is 2.69 bits per heavy atom. The number of ether oxygens (including phenoxy) is 1. The van der Waals surface area contributed by atoms with E-state index in [1.165, 1.54) is 16.8 Å². The lowest BCUT2D eigenvalue weighted by Crippen LogP contribution is -2.27. The molecule has 0 aromatic carbocycles. The summed E-state index contributed by atoms with van der Waals surface area (Å²) in [7, 11) is -9.66. The SMILES string of the molecule is NCCOP(=O)(OC[C@@H]1CC[C@H](n2ccc(N)nc2=O)O1)OP(=O)(O)O. The second-order valence-corrected chi connectivity index (χ2v) is 8.31. The van der Waals surface area contributed by atoms with Gasteiger partial charge in [-0.15, -0.1) is 0 Å². The number of phosphoric acid groups is 2. The first-order chi connectivity index (χ1) is 12.1. The molecule has 0 amide bonds. The number of anilines is 1. The first-order valence-corrected chi connectivity index (χ1v) is 10.5. The number of phosphoric ester groups is 1. The first kappa shape index (κ1) is 21.2. The molecule has 1 aromatic rings. The number of rotatable bonds is 9. The summed E-state index contributed by atoms with van der Waals surface area (Å²) in [5.41, 5.74) is 10.0. The lowest BCUT2D eigenvalue weighted by atomic mass is 10.2. The highest BCUT2D eigenvalue weighted by molar-refractivity contribution is 7.61. The smallest absolute Gasteiger partial charge is 0.383 e. The van der Waals surface area contributed by atoms with Gasteiger partial charge in [-0.3, -0.25) is 13.6 Å². The van der Waals surface area contributed by atoms with Gasteiger partial charge in [0, 0.05) is 12.7 Å². The van der Waals surface area contributed by atoms with Crippen molar-refractivity contribution in [1.29, 1.82) is 0 Å². The van der Waals surface area contributed by atoms with Crippen molar-refractivity contribution in [3.63, 3.8) is 0 Å². The third-order valence-corrected chi connectivity index (χ3v) is 5.85. The van der Waals surface area contributed by atoms with Crippen molar-refractivity contribution >= 4 is 21.5 Å². The fraction of sp³-hybridized carbons (Fsp3) is 0.636. The van der Waals surface area contributed by atoms with Gasteiger partial charge in [0.15, 0.2) is 0 Å². The summed E-state index contributed by atoms with van der Waals surface area (Å²) in [6, 6.07) is 1.44. The molecule has 1 unspecified atom stereocenters. The molecule has 1 aliphatic rings. The Hall–Kier alpha value is -1.14. The van der Waals surface area contributed by atoms with Gasteiger partial charge in [0.25, 0.3) is 0 Å². The van der Waals surface area contributed by atoms with Crippen molar-refractivity contribution < 1.29 is 37.0 Å². The van der Waals surface area contributed by atoms with Gasteiger partial charge in [0.1, 0.15) is 12.0 Å². The van der Waals surface area contributed by atoms with E-state index in [4.69, 9.17) is 35.0 Å². The lowest BCUT2D eigenvalue weighted by molar-refractivity contribution is -0.0257. The van der Waals surface area contributed by atoms with E-state index < -0.39 is 33.7 Å². The zero-order valence-electron chi connectivity index (χ0n) is 13.5. The van der Waals surface area contributed by atoms with Gasteiger partial charge >= 0.3 is 21.3 Å². The van der Waals surface area contributed by atoms with Crippen molar-refractivity contribution in [2.75, 3.05) is 25.5 Å². The summed E-state index contributed by atoms with van der Waals surface area (Å²) >= 11 is 0. The van der Waals surface area contributed by atoms with E-state index in [-0.39, 0.29) is 25.6 Å². The number of nitrogen functional groups attached to an aromatic ring is 1. The van der Waals surface area contributed by atoms with Gasteiger partial charge in [-0.2, -0.15) is 9.29 Å². The van der Waals surface area contributed by atoms with E-state index in [1.54, 1.807) is 0 Å². The van der Waals surface area contributed by atoms with Crippen LogP contribution in [0.25, 0.3) is 0 Å². The van der Waals surface area contributed by atoms with Crippen LogP contribution in [0.15, 0.2) is 17.1 Å². The molecule has 1 aromatic heterocycles. The first-order valence-electron chi connectivity index (χ1n) is 7.48. The molecule has 148 valence electrons. The molecule has 0 aliphatic carbocycles. The van der Waals surface area contributed by atoms with Crippen LogP contribution in [-0.2, 0) is 27.2 Å². The normalized spacial score (nSPS) is 23.0. The molecule has 6 N–H and O–H groups in total. The fourth-order valence-electron chi connectivity index (χ4n) is 2.21. The maximum atomic E-state index is 12.2. The van der Waals surface area contributed by atoms with Crippen LogP contribution in [0.3, 0.4) is 0 Å². The number of hydrogen-bond donors (Lipinski definition) is 4. The highest BCUT2D eigenvalue weighted by Crippen LogP contribution is 2.61. The van der Waals surface area contributed by atoms with Crippen molar-refractivity contribution in [2.24, 2.45) is 5.73 Å². The van der Waals surface area contributed by atoms with Crippen molar-refractivity contribution in [3.05, 3.63) is 22.7 Å². The molecule has 13 nitrogen and oxygen atoms in total. The quantitative estimate of drug-likeness (QED) is 0.386. The topological polar surface area (TPSA) is 198 Å². The number of aromatic nitrogens is 2. The molecule has 26 heavy (non-hydrogen) atoms. The summed E-state index contributed by atoms with van der Waals surface area (Å²) in [6.07, 6.45) is 1.06. The summed E-state index contributed by atoms with van der Waals surface area (Å²) in [4.78, 5) is 33.1. The number of nitrogens with two attached hydrogens (primary N) is 2. The molecule has 3 atom stereocenters. The molecule has 1 fully saturated rings. The third kappa shape index (κ3) is 6.23. The van der Waals surface area contributed by atoms with Crippen LogP contribution in [0, 0.1) is 0 Å². The highest BCUT2D eigenvalue weighted by atomic mass is 31.3. The van der Waals surface area contributed by atoms with E-state index in [0.717, 1.165) is 0 Å². The Labute approximate surface area is 148 Å². The maximum absolute atomic E-state index is 12.2. The van der Waals surface area contributed by atoms with Crippen LogP contribution in [0.5, 0.6) is 0 Å². The Balaban J connectivity index is 1.97. The molecule has 2 rings (SSSR count). The van der Waals surface area contributed by atoms with E-state index in [2.05, 4.69) is 9.29 Å². The fourth-order valence-corrected chi connectivity index (χ4v) is 4.38. The van der Waals surface area contributed by atoms with Crippen molar-refractivity contribution in [2.45, 2.75) is 25.2 Å². The maximum Gasteiger partial charge on any atom is 0.483 e. The number of nitrogens with zero attached hydrogens (tertiary/aromatic N) is 2. The predicted octanol–water partition coefficient (Wildman–Crippen LogP) is -0.288. The monoisotopic (exact) mass is 414 g/mol. The average molecular weight is 414 g/mol. The Kier molecular flexibility index (Phi) is 7.08. The Morgan fingerprint density at radius 2 is 2.08 bits per heavy atom. The van der Waals surface area contributed by atoms with E-state index in [0.29, 0.717) is 12.8 Å². The van der Waals surface area contributed by atoms with Gasteiger partial charge < -0.3 is 26.0 Å². The van der Waals surface area contributed by atoms with Crippen molar-refractivity contribution in [3.8, 4) is 0 Å². The van der Waals surface area contributed by atoms with Gasteiger partial charge in [-0.05, 0) is 18.9 Å². The molecule has 0 spiro atoms. The van der Waals surface area contributed by atoms with Crippen LogP contribution >= 0.6 is 15.6 Å². The van der Waals surface area contributed by atoms with Crippen LogP contribution in [0.1, 0.15) is 19.1 Å². The van der Waals surface area contributed by atoms with Crippen LogP contribution < -0.4 is 17.2 Å². The zero-order chi connectivity index (χ0) is 19.4. The van der Waals surface area contributed by atoms with Gasteiger partial charge in [0.05, 0.1) is 19.3 Å². The van der Waals surface area contributed by atoms with E-state index >= 15 is 0 Å².